The maximum absolute atomic E-state index is 12.7. The molecule has 2 aromatic carbocycles. The highest BCUT2D eigenvalue weighted by atomic mass is 16.5. The summed E-state index contributed by atoms with van der Waals surface area (Å²) in [5.41, 5.74) is 4.04. The number of aromatic nitrogens is 2. The van der Waals surface area contributed by atoms with Crippen molar-refractivity contribution in [3.8, 4) is 11.4 Å². The Morgan fingerprint density at radius 2 is 1.73 bits per heavy atom. The Kier molecular flexibility index (Phi) is 6.23. The topological polar surface area (TPSA) is 62.5 Å². The molecule has 6 nitrogen and oxygen atoms in total. The molecule has 0 bridgehead atoms. The zero-order chi connectivity index (χ0) is 20.9. The first-order valence-corrected chi connectivity index (χ1v) is 10.6. The van der Waals surface area contributed by atoms with Gasteiger partial charge in [0.05, 0.1) is 0 Å². The predicted octanol–water partition coefficient (Wildman–Crippen LogP) is 3.74. The molecular formula is C24H28N4O2. The number of nitrogens with zero attached hydrogens (tertiary/aromatic N) is 4. The van der Waals surface area contributed by atoms with Crippen molar-refractivity contribution >= 4 is 5.91 Å². The molecule has 156 valence electrons. The quantitative estimate of drug-likeness (QED) is 0.626. The molecule has 1 aliphatic heterocycles. The Balaban J connectivity index is 1.22. The molecule has 1 aliphatic rings. The average Bonchev–Trinajstić information content (AvgIpc) is 3.23. The number of piperazine rings is 1. The van der Waals surface area contributed by atoms with Gasteiger partial charge in [-0.3, -0.25) is 9.69 Å². The van der Waals surface area contributed by atoms with Crippen LogP contribution in [0.5, 0.6) is 0 Å². The van der Waals surface area contributed by atoms with E-state index >= 15 is 0 Å². The summed E-state index contributed by atoms with van der Waals surface area (Å²) in [5, 5.41) is 4.10. The summed E-state index contributed by atoms with van der Waals surface area (Å²) in [6.45, 7) is 8.35. The van der Waals surface area contributed by atoms with Crippen molar-refractivity contribution < 1.29 is 9.32 Å². The molecule has 6 heteroatoms. The number of benzene rings is 2. The molecule has 0 unspecified atom stereocenters. The lowest BCUT2D eigenvalue weighted by Gasteiger charge is -2.35. The van der Waals surface area contributed by atoms with Gasteiger partial charge in [0.2, 0.25) is 11.7 Å². The molecule has 0 atom stereocenters. The third kappa shape index (κ3) is 4.76. The second kappa shape index (κ2) is 9.22. The first kappa shape index (κ1) is 20.3. The fourth-order valence-corrected chi connectivity index (χ4v) is 3.79. The summed E-state index contributed by atoms with van der Waals surface area (Å²) in [7, 11) is 0. The van der Waals surface area contributed by atoms with E-state index in [-0.39, 0.29) is 5.91 Å². The third-order valence-electron chi connectivity index (χ3n) is 5.68. The third-order valence-corrected chi connectivity index (χ3v) is 5.68. The zero-order valence-electron chi connectivity index (χ0n) is 17.7. The molecule has 0 N–H and O–H groups in total. The number of aryl methyl sites for hydroxylation is 3. The van der Waals surface area contributed by atoms with Crippen LogP contribution in [0.1, 0.15) is 33.8 Å². The Morgan fingerprint density at radius 1 is 1.00 bits per heavy atom. The molecule has 2 heterocycles. The van der Waals surface area contributed by atoms with Crippen LogP contribution < -0.4 is 0 Å². The summed E-state index contributed by atoms with van der Waals surface area (Å²) < 4.78 is 5.41. The van der Waals surface area contributed by atoms with Gasteiger partial charge in [0.1, 0.15) is 0 Å². The van der Waals surface area contributed by atoms with Gasteiger partial charge < -0.3 is 9.42 Å². The van der Waals surface area contributed by atoms with E-state index in [1.165, 1.54) is 5.56 Å². The lowest BCUT2D eigenvalue weighted by molar-refractivity contribution is 0.0635. The Hall–Kier alpha value is -2.99. The van der Waals surface area contributed by atoms with E-state index in [0.717, 1.165) is 62.3 Å². The number of hydrogen-bond acceptors (Lipinski definition) is 5. The molecular weight excluding hydrogens is 376 g/mol. The van der Waals surface area contributed by atoms with Crippen LogP contribution in [0.25, 0.3) is 11.4 Å². The average molecular weight is 405 g/mol. The maximum atomic E-state index is 12.7. The molecule has 0 aliphatic carbocycles. The van der Waals surface area contributed by atoms with Gasteiger partial charge in [-0.2, -0.15) is 4.98 Å². The van der Waals surface area contributed by atoms with E-state index in [2.05, 4.69) is 34.1 Å². The van der Waals surface area contributed by atoms with Crippen LogP contribution >= 0.6 is 0 Å². The summed E-state index contributed by atoms with van der Waals surface area (Å²) in [4.78, 5) is 21.6. The zero-order valence-corrected chi connectivity index (χ0v) is 17.7. The van der Waals surface area contributed by atoms with E-state index in [4.69, 9.17) is 4.52 Å². The number of hydrogen-bond donors (Lipinski definition) is 0. The van der Waals surface area contributed by atoms with E-state index in [1.54, 1.807) is 0 Å². The maximum Gasteiger partial charge on any atom is 0.254 e. The van der Waals surface area contributed by atoms with Crippen LogP contribution in [-0.4, -0.2) is 58.6 Å². The normalized spacial score (nSPS) is 14.8. The van der Waals surface area contributed by atoms with Gasteiger partial charge in [0.25, 0.3) is 5.91 Å². The summed E-state index contributed by atoms with van der Waals surface area (Å²) >= 11 is 0. The monoisotopic (exact) mass is 404 g/mol. The Bertz CT molecular complexity index is 988. The van der Waals surface area contributed by atoms with E-state index in [1.807, 2.05) is 48.2 Å². The van der Waals surface area contributed by atoms with Crippen molar-refractivity contribution in [2.45, 2.75) is 26.7 Å². The van der Waals surface area contributed by atoms with Crippen molar-refractivity contribution in [1.29, 1.82) is 0 Å². The molecule has 30 heavy (non-hydrogen) atoms. The Morgan fingerprint density at radius 3 is 2.47 bits per heavy atom. The van der Waals surface area contributed by atoms with Gasteiger partial charge in [-0.1, -0.05) is 53.2 Å². The van der Waals surface area contributed by atoms with Gasteiger partial charge in [-0.15, -0.1) is 0 Å². The molecule has 1 fully saturated rings. The fraction of sp³-hybridized carbons (Fsp3) is 0.375. The minimum atomic E-state index is 0.141. The van der Waals surface area contributed by atoms with Crippen molar-refractivity contribution in [3.05, 3.63) is 71.1 Å². The fourth-order valence-electron chi connectivity index (χ4n) is 3.79. The largest absolute Gasteiger partial charge is 0.339 e. The van der Waals surface area contributed by atoms with Gasteiger partial charge in [0.15, 0.2) is 0 Å². The van der Waals surface area contributed by atoms with E-state index < -0.39 is 0 Å². The number of amides is 1. The van der Waals surface area contributed by atoms with Crippen LogP contribution in [0.3, 0.4) is 0 Å². The Labute approximate surface area is 177 Å². The van der Waals surface area contributed by atoms with Gasteiger partial charge >= 0.3 is 0 Å². The minimum absolute atomic E-state index is 0.141. The molecule has 4 rings (SSSR count). The molecule has 0 radical (unpaired) electrons. The van der Waals surface area contributed by atoms with Gasteiger partial charge in [-0.25, -0.2) is 0 Å². The highest BCUT2D eigenvalue weighted by molar-refractivity contribution is 5.95. The lowest BCUT2D eigenvalue weighted by Crippen LogP contribution is -2.49. The van der Waals surface area contributed by atoms with Crippen molar-refractivity contribution in [3.63, 3.8) is 0 Å². The lowest BCUT2D eigenvalue weighted by atomic mass is 10.1. The highest BCUT2D eigenvalue weighted by Crippen LogP contribution is 2.17. The summed E-state index contributed by atoms with van der Waals surface area (Å²) in [5.74, 6) is 1.47. The standard InChI is InChI=1S/C24H28N4O2/c1-18-9-11-20(12-10-18)23-25-22(30-26-23)8-5-13-27-14-16-28(17-15-27)24(29)21-7-4-3-6-19(21)2/h3-4,6-7,9-12H,5,8,13-17H2,1-2H3. The SMILES string of the molecule is Cc1ccc(-c2noc(CCCN3CCN(C(=O)c4ccccc4C)CC3)n2)cc1. The number of carbonyl (C=O) groups excluding carboxylic acids is 1. The highest BCUT2D eigenvalue weighted by Gasteiger charge is 2.22. The molecule has 1 amide bonds. The summed E-state index contributed by atoms with van der Waals surface area (Å²) in [6.07, 6.45) is 1.72. The van der Waals surface area contributed by atoms with Gasteiger partial charge in [0, 0.05) is 43.7 Å². The first-order chi connectivity index (χ1) is 14.6. The van der Waals surface area contributed by atoms with Crippen molar-refractivity contribution in [2.24, 2.45) is 0 Å². The van der Waals surface area contributed by atoms with Gasteiger partial charge in [-0.05, 0) is 38.4 Å². The van der Waals surface area contributed by atoms with Crippen LogP contribution in [-0.2, 0) is 6.42 Å². The van der Waals surface area contributed by atoms with E-state index in [9.17, 15) is 4.79 Å². The van der Waals surface area contributed by atoms with Crippen molar-refractivity contribution in [2.75, 3.05) is 32.7 Å². The first-order valence-electron chi connectivity index (χ1n) is 10.6. The van der Waals surface area contributed by atoms with Crippen molar-refractivity contribution in [1.82, 2.24) is 19.9 Å². The van der Waals surface area contributed by atoms with Crippen LogP contribution in [0, 0.1) is 13.8 Å². The van der Waals surface area contributed by atoms with Crippen LogP contribution in [0.4, 0.5) is 0 Å². The number of rotatable bonds is 6. The van der Waals surface area contributed by atoms with E-state index in [0.29, 0.717) is 11.7 Å². The summed E-state index contributed by atoms with van der Waals surface area (Å²) in [6, 6.07) is 15.9. The molecule has 0 spiro atoms. The molecule has 3 aromatic rings. The van der Waals surface area contributed by atoms with Crippen LogP contribution in [0.15, 0.2) is 53.1 Å². The molecule has 1 aromatic heterocycles. The second-order valence-electron chi connectivity index (χ2n) is 7.93. The molecule has 1 saturated heterocycles. The minimum Gasteiger partial charge on any atom is -0.339 e. The molecule has 0 saturated carbocycles. The predicted molar refractivity (Wildman–Crippen MR) is 116 cm³/mol. The van der Waals surface area contributed by atoms with Crippen LogP contribution in [0.2, 0.25) is 0 Å². The second-order valence-corrected chi connectivity index (χ2v) is 7.93. The number of carbonyl (C=O) groups is 1. The smallest absolute Gasteiger partial charge is 0.254 e.